The van der Waals surface area contributed by atoms with E-state index in [1.807, 2.05) is 36.4 Å². The molecule has 0 heterocycles. The van der Waals surface area contributed by atoms with Gasteiger partial charge in [-0.3, -0.25) is 14.9 Å². The highest BCUT2D eigenvalue weighted by Crippen LogP contribution is 2.31. The molecular weight excluding hydrogens is 438 g/mol. The normalized spacial score (nSPS) is 10.7. The van der Waals surface area contributed by atoms with Gasteiger partial charge < -0.3 is 19.5 Å². The van der Waals surface area contributed by atoms with Crippen LogP contribution in [-0.4, -0.2) is 25.1 Å². The minimum Gasteiger partial charge on any atom is -0.496 e. The highest BCUT2D eigenvalue weighted by molar-refractivity contribution is 6.10. The summed E-state index contributed by atoms with van der Waals surface area (Å²) in [5, 5.41) is 23.3. The van der Waals surface area contributed by atoms with Gasteiger partial charge in [-0.25, -0.2) is 0 Å². The van der Waals surface area contributed by atoms with Gasteiger partial charge in [0, 0.05) is 0 Å². The van der Waals surface area contributed by atoms with Crippen LogP contribution in [0.4, 0.5) is 11.4 Å². The van der Waals surface area contributed by atoms with E-state index >= 15 is 0 Å². The molecule has 0 bridgehead atoms. The minimum absolute atomic E-state index is 0.0563. The first-order valence-electron chi connectivity index (χ1n) is 10.1. The molecule has 0 spiro atoms. The van der Waals surface area contributed by atoms with E-state index in [0.29, 0.717) is 23.7 Å². The highest BCUT2D eigenvalue weighted by Gasteiger charge is 2.19. The Morgan fingerprint density at radius 2 is 1.82 bits per heavy atom. The Balaban J connectivity index is 1.80. The first-order chi connectivity index (χ1) is 16.4. The molecule has 172 valence electrons. The van der Waals surface area contributed by atoms with Gasteiger partial charge in [0.1, 0.15) is 29.7 Å². The molecule has 0 fully saturated rings. The molecule has 0 unspecified atom stereocenters. The number of hydrogen-bond donors (Lipinski definition) is 1. The molecule has 9 nitrogen and oxygen atoms in total. The zero-order valence-corrected chi connectivity index (χ0v) is 18.5. The van der Waals surface area contributed by atoms with Crippen molar-refractivity contribution in [2.24, 2.45) is 0 Å². The molecule has 0 aliphatic heterocycles. The fourth-order valence-electron chi connectivity index (χ4n) is 3.03. The van der Waals surface area contributed by atoms with Crippen molar-refractivity contribution in [3.8, 4) is 23.3 Å². The SMILES string of the molecule is COc1ccc(NC(=O)/C(C#N)=C/c2ccc(OCc3ccccc3)c(OC)c2)c([N+](=O)[O-])c1. The fraction of sp³-hybridized carbons (Fsp3) is 0.120. The number of nitrogens with one attached hydrogen (secondary N) is 1. The monoisotopic (exact) mass is 459 g/mol. The predicted octanol–water partition coefficient (Wildman–Crippen LogP) is 4.74. The van der Waals surface area contributed by atoms with Crippen molar-refractivity contribution in [3.63, 3.8) is 0 Å². The van der Waals surface area contributed by atoms with Crippen LogP contribution in [0.5, 0.6) is 17.2 Å². The zero-order chi connectivity index (χ0) is 24.5. The number of amides is 1. The lowest BCUT2D eigenvalue weighted by molar-refractivity contribution is -0.384. The maximum atomic E-state index is 12.6. The van der Waals surface area contributed by atoms with Crippen LogP contribution in [-0.2, 0) is 11.4 Å². The predicted molar refractivity (Wildman–Crippen MR) is 126 cm³/mol. The molecule has 0 aromatic heterocycles. The molecule has 3 aromatic rings. The summed E-state index contributed by atoms with van der Waals surface area (Å²) in [6.07, 6.45) is 1.36. The van der Waals surface area contributed by atoms with Crippen molar-refractivity contribution in [2.75, 3.05) is 19.5 Å². The van der Waals surface area contributed by atoms with E-state index < -0.39 is 10.8 Å². The molecule has 0 saturated heterocycles. The van der Waals surface area contributed by atoms with E-state index in [1.165, 1.54) is 38.5 Å². The van der Waals surface area contributed by atoms with Gasteiger partial charge in [0.2, 0.25) is 0 Å². The van der Waals surface area contributed by atoms with E-state index in [4.69, 9.17) is 14.2 Å². The second kappa shape index (κ2) is 11.2. The third-order valence-corrected chi connectivity index (χ3v) is 4.75. The van der Waals surface area contributed by atoms with Crippen molar-refractivity contribution in [3.05, 3.63) is 93.5 Å². The molecule has 0 aliphatic rings. The highest BCUT2D eigenvalue weighted by atomic mass is 16.6. The van der Waals surface area contributed by atoms with Crippen molar-refractivity contribution < 1.29 is 23.9 Å². The van der Waals surface area contributed by atoms with E-state index in [9.17, 15) is 20.2 Å². The minimum atomic E-state index is -0.792. The van der Waals surface area contributed by atoms with Gasteiger partial charge in [-0.1, -0.05) is 36.4 Å². The number of rotatable bonds is 9. The molecule has 1 N–H and O–H groups in total. The molecule has 3 rings (SSSR count). The van der Waals surface area contributed by atoms with Crippen molar-refractivity contribution in [1.29, 1.82) is 5.26 Å². The van der Waals surface area contributed by atoms with Crippen LogP contribution in [0.3, 0.4) is 0 Å². The van der Waals surface area contributed by atoms with Gasteiger partial charge in [-0.15, -0.1) is 0 Å². The van der Waals surface area contributed by atoms with E-state index in [0.717, 1.165) is 5.56 Å². The Morgan fingerprint density at radius 3 is 2.47 bits per heavy atom. The second-order valence-corrected chi connectivity index (χ2v) is 6.95. The first kappa shape index (κ1) is 23.8. The number of methoxy groups -OCH3 is 2. The van der Waals surface area contributed by atoms with Crippen LogP contribution in [0.25, 0.3) is 6.08 Å². The summed E-state index contributed by atoms with van der Waals surface area (Å²) in [7, 11) is 2.86. The van der Waals surface area contributed by atoms with Gasteiger partial charge in [0.05, 0.1) is 25.2 Å². The number of nitro benzene ring substituents is 1. The average molecular weight is 459 g/mol. The van der Waals surface area contributed by atoms with Gasteiger partial charge >= 0.3 is 0 Å². The average Bonchev–Trinajstić information content (AvgIpc) is 2.86. The Morgan fingerprint density at radius 1 is 1.06 bits per heavy atom. The summed E-state index contributed by atoms with van der Waals surface area (Å²) in [5.41, 5.74) is 0.848. The number of hydrogen-bond acceptors (Lipinski definition) is 7. The van der Waals surface area contributed by atoms with Crippen molar-refractivity contribution in [1.82, 2.24) is 0 Å². The van der Waals surface area contributed by atoms with Crippen LogP contribution >= 0.6 is 0 Å². The Hall–Kier alpha value is -4.84. The standard InChI is InChI=1S/C25H21N3O6/c1-32-20-9-10-21(22(14-20)28(30)31)27-25(29)19(15-26)12-18-8-11-23(24(13-18)33-2)34-16-17-6-4-3-5-7-17/h3-14H,16H2,1-2H3,(H,27,29)/b19-12+. The molecule has 3 aromatic carbocycles. The number of nitrogens with zero attached hydrogens (tertiary/aromatic N) is 2. The molecular formula is C25H21N3O6. The first-order valence-corrected chi connectivity index (χ1v) is 10.1. The maximum absolute atomic E-state index is 12.6. The van der Waals surface area contributed by atoms with Gasteiger partial charge in [0.15, 0.2) is 11.5 Å². The van der Waals surface area contributed by atoms with Gasteiger partial charge in [0.25, 0.3) is 11.6 Å². The van der Waals surface area contributed by atoms with Gasteiger partial charge in [-0.05, 0) is 41.5 Å². The number of carbonyl (C=O) groups is 1. The van der Waals surface area contributed by atoms with E-state index in [2.05, 4.69) is 5.32 Å². The summed E-state index contributed by atoms with van der Waals surface area (Å²) in [4.78, 5) is 23.3. The second-order valence-electron chi connectivity index (χ2n) is 6.95. The molecule has 0 atom stereocenters. The van der Waals surface area contributed by atoms with Crippen LogP contribution in [0.2, 0.25) is 0 Å². The topological polar surface area (TPSA) is 124 Å². The number of anilines is 1. The number of nitriles is 1. The number of nitro groups is 1. The van der Waals surface area contributed by atoms with E-state index in [-0.39, 0.29) is 22.7 Å². The molecule has 34 heavy (non-hydrogen) atoms. The summed E-state index contributed by atoms with van der Waals surface area (Å²) in [6.45, 7) is 0.346. The molecule has 9 heteroatoms. The molecule has 0 saturated carbocycles. The summed E-state index contributed by atoms with van der Waals surface area (Å²) < 4.78 is 16.2. The molecule has 1 amide bonds. The lowest BCUT2D eigenvalue weighted by atomic mass is 10.1. The maximum Gasteiger partial charge on any atom is 0.296 e. The fourth-order valence-corrected chi connectivity index (χ4v) is 3.03. The van der Waals surface area contributed by atoms with E-state index in [1.54, 1.807) is 18.2 Å². The summed E-state index contributed by atoms with van der Waals surface area (Å²) in [5.74, 6) is 0.398. The van der Waals surface area contributed by atoms with Crippen LogP contribution in [0.1, 0.15) is 11.1 Å². The summed E-state index contributed by atoms with van der Waals surface area (Å²) >= 11 is 0. The quantitative estimate of drug-likeness (QED) is 0.212. The number of ether oxygens (including phenoxy) is 3. The van der Waals surface area contributed by atoms with Crippen LogP contribution in [0, 0.1) is 21.4 Å². The van der Waals surface area contributed by atoms with Crippen molar-refractivity contribution >= 4 is 23.4 Å². The van der Waals surface area contributed by atoms with Crippen LogP contribution < -0.4 is 19.5 Å². The van der Waals surface area contributed by atoms with Crippen molar-refractivity contribution in [2.45, 2.75) is 6.61 Å². The number of carbonyl (C=O) groups excluding carboxylic acids is 1. The third-order valence-electron chi connectivity index (χ3n) is 4.75. The summed E-state index contributed by atoms with van der Waals surface area (Å²) in [6, 6.07) is 20.4. The third kappa shape index (κ3) is 5.89. The van der Waals surface area contributed by atoms with Gasteiger partial charge in [-0.2, -0.15) is 5.26 Å². The molecule has 0 aliphatic carbocycles. The number of benzene rings is 3. The largest absolute Gasteiger partial charge is 0.496 e. The lowest BCUT2D eigenvalue weighted by Crippen LogP contribution is -2.14. The zero-order valence-electron chi connectivity index (χ0n) is 18.5. The smallest absolute Gasteiger partial charge is 0.296 e. The Bertz CT molecular complexity index is 1270. The Kier molecular flexibility index (Phi) is 7.81. The Labute approximate surface area is 196 Å². The lowest BCUT2D eigenvalue weighted by Gasteiger charge is -2.12. The molecule has 0 radical (unpaired) electrons. The van der Waals surface area contributed by atoms with Crippen LogP contribution in [0.15, 0.2) is 72.3 Å².